The van der Waals surface area contributed by atoms with Crippen LogP contribution in [0, 0.1) is 0 Å². The predicted molar refractivity (Wildman–Crippen MR) is 107 cm³/mol. The van der Waals surface area contributed by atoms with Crippen molar-refractivity contribution in [3.8, 4) is 5.75 Å². The van der Waals surface area contributed by atoms with Gasteiger partial charge in [-0.25, -0.2) is 0 Å². The number of ketones is 1. The second-order valence-electron chi connectivity index (χ2n) is 5.85. The van der Waals surface area contributed by atoms with Crippen LogP contribution in [0.25, 0.3) is 6.08 Å². The fourth-order valence-electron chi connectivity index (χ4n) is 2.59. The summed E-state index contributed by atoms with van der Waals surface area (Å²) in [6.45, 7) is 0. The van der Waals surface area contributed by atoms with Crippen molar-refractivity contribution in [1.82, 2.24) is 0 Å². The molecule has 1 amide bonds. The number of hydrogen-bond acceptors (Lipinski definition) is 3. The molecule has 4 nitrogen and oxygen atoms in total. The molecule has 0 atom stereocenters. The van der Waals surface area contributed by atoms with Crippen molar-refractivity contribution in [2.24, 2.45) is 0 Å². The van der Waals surface area contributed by atoms with Crippen LogP contribution in [0.3, 0.4) is 0 Å². The minimum atomic E-state index is -0.471. The molecule has 0 aliphatic heterocycles. The molecule has 0 aliphatic rings. The van der Waals surface area contributed by atoms with Crippen molar-refractivity contribution in [3.05, 3.63) is 102 Å². The van der Waals surface area contributed by atoms with Crippen LogP contribution in [0.4, 0.5) is 5.69 Å². The minimum absolute atomic E-state index is 0.0650. The van der Waals surface area contributed by atoms with E-state index in [9.17, 15) is 9.59 Å². The van der Waals surface area contributed by atoms with E-state index in [4.69, 9.17) is 4.74 Å². The summed E-state index contributed by atoms with van der Waals surface area (Å²) in [7, 11) is 1.56. The maximum atomic E-state index is 13.0. The van der Waals surface area contributed by atoms with E-state index in [1.165, 1.54) is 0 Å². The monoisotopic (exact) mass is 357 g/mol. The maximum absolute atomic E-state index is 13.0. The number of benzene rings is 3. The maximum Gasteiger partial charge on any atom is 0.259 e. The molecule has 27 heavy (non-hydrogen) atoms. The van der Waals surface area contributed by atoms with E-state index < -0.39 is 5.91 Å². The van der Waals surface area contributed by atoms with Gasteiger partial charge in [0, 0.05) is 17.3 Å². The summed E-state index contributed by atoms with van der Waals surface area (Å²) in [6, 6.07) is 25.0. The van der Waals surface area contributed by atoms with Gasteiger partial charge in [-0.05, 0) is 23.8 Å². The zero-order chi connectivity index (χ0) is 19.1. The highest BCUT2D eigenvalue weighted by Crippen LogP contribution is 2.19. The number of anilines is 1. The van der Waals surface area contributed by atoms with Crippen molar-refractivity contribution >= 4 is 23.5 Å². The number of nitrogens with one attached hydrogen (secondary N) is 1. The standard InChI is InChI=1S/C23H19NO3/c1-27-20-14-8-13-19(16-20)24-23(26)21(15-17-9-4-2-5-10-17)22(25)18-11-6-3-7-12-18/h2-16H,1H3,(H,24,26)/b21-15+. The Morgan fingerprint density at radius 1 is 0.852 bits per heavy atom. The molecule has 1 N–H and O–H groups in total. The first-order valence-corrected chi connectivity index (χ1v) is 8.49. The van der Waals surface area contributed by atoms with Crippen LogP contribution in [0.2, 0.25) is 0 Å². The van der Waals surface area contributed by atoms with E-state index in [-0.39, 0.29) is 11.4 Å². The Kier molecular flexibility index (Phi) is 5.80. The van der Waals surface area contributed by atoms with Crippen LogP contribution >= 0.6 is 0 Å². The molecule has 0 bridgehead atoms. The molecule has 4 heteroatoms. The van der Waals surface area contributed by atoms with Gasteiger partial charge in [0.1, 0.15) is 5.75 Å². The zero-order valence-electron chi connectivity index (χ0n) is 14.9. The fourth-order valence-corrected chi connectivity index (χ4v) is 2.59. The summed E-state index contributed by atoms with van der Waals surface area (Å²) in [5.41, 5.74) is 1.85. The first-order valence-electron chi connectivity index (χ1n) is 8.49. The number of hydrogen-bond donors (Lipinski definition) is 1. The van der Waals surface area contributed by atoms with Crippen molar-refractivity contribution in [2.45, 2.75) is 0 Å². The highest BCUT2D eigenvalue weighted by Gasteiger charge is 2.20. The lowest BCUT2D eigenvalue weighted by Gasteiger charge is -2.10. The number of methoxy groups -OCH3 is 1. The molecular formula is C23H19NO3. The summed E-state index contributed by atoms with van der Waals surface area (Å²) in [5.74, 6) is -0.184. The molecule has 0 heterocycles. The molecule has 3 rings (SSSR count). The number of Topliss-reactive ketones (excluding diaryl/α,β-unsaturated/α-hetero) is 1. The van der Waals surface area contributed by atoms with Crippen LogP contribution in [-0.4, -0.2) is 18.8 Å². The molecule has 3 aromatic rings. The number of ether oxygens (including phenoxy) is 1. The van der Waals surface area contributed by atoms with Gasteiger partial charge >= 0.3 is 0 Å². The van der Waals surface area contributed by atoms with Gasteiger partial charge < -0.3 is 10.1 Å². The van der Waals surface area contributed by atoms with Gasteiger partial charge in [-0.2, -0.15) is 0 Å². The SMILES string of the molecule is COc1cccc(NC(=O)/C(=C/c2ccccc2)C(=O)c2ccccc2)c1. The van der Waals surface area contributed by atoms with Crippen LogP contribution < -0.4 is 10.1 Å². The third kappa shape index (κ3) is 4.70. The number of carbonyl (C=O) groups excluding carboxylic acids is 2. The van der Waals surface area contributed by atoms with E-state index in [0.717, 1.165) is 5.56 Å². The number of carbonyl (C=O) groups is 2. The van der Waals surface area contributed by atoms with E-state index in [1.807, 2.05) is 36.4 Å². The number of amides is 1. The molecule has 0 unspecified atom stereocenters. The molecule has 0 aromatic heterocycles. The van der Waals surface area contributed by atoms with Crippen molar-refractivity contribution in [2.75, 3.05) is 12.4 Å². The first kappa shape index (κ1) is 18.1. The average molecular weight is 357 g/mol. The Morgan fingerprint density at radius 2 is 1.52 bits per heavy atom. The van der Waals surface area contributed by atoms with Crippen molar-refractivity contribution in [1.29, 1.82) is 0 Å². The Balaban J connectivity index is 1.95. The summed E-state index contributed by atoms with van der Waals surface area (Å²) in [4.78, 5) is 25.8. The lowest BCUT2D eigenvalue weighted by molar-refractivity contribution is -0.112. The summed E-state index contributed by atoms with van der Waals surface area (Å²) < 4.78 is 5.18. The van der Waals surface area contributed by atoms with E-state index in [2.05, 4.69) is 5.32 Å². The average Bonchev–Trinajstić information content (AvgIpc) is 2.73. The Morgan fingerprint density at radius 3 is 2.19 bits per heavy atom. The molecule has 0 saturated carbocycles. The van der Waals surface area contributed by atoms with E-state index in [1.54, 1.807) is 61.7 Å². The third-order valence-electron chi connectivity index (χ3n) is 3.96. The second-order valence-corrected chi connectivity index (χ2v) is 5.85. The molecule has 3 aromatic carbocycles. The smallest absolute Gasteiger partial charge is 0.259 e. The Hall–Kier alpha value is -3.66. The van der Waals surface area contributed by atoms with E-state index in [0.29, 0.717) is 17.0 Å². The normalized spacial score (nSPS) is 10.9. The van der Waals surface area contributed by atoms with Gasteiger partial charge in [0.05, 0.1) is 12.7 Å². The molecule has 0 saturated heterocycles. The Bertz CT molecular complexity index is 963. The fraction of sp³-hybridized carbons (Fsp3) is 0.0435. The first-order chi connectivity index (χ1) is 13.2. The second kappa shape index (κ2) is 8.63. The molecule has 0 spiro atoms. The largest absolute Gasteiger partial charge is 0.497 e. The molecular weight excluding hydrogens is 338 g/mol. The van der Waals surface area contributed by atoms with Gasteiger partial charge in [0.25, 0.3) is 5.91 Å². The van der Waals surface area contributed by atoms with Crippen LogP contribution in [0.1, 0.15) is 15.9 Å². The molecule has 0 fully saturated rings. The lowest BCUT2D eigenvalue weighted by Crippen LogP contribution is -2.20. The predicted octanol–water partition coefficient (Wildman–Crippen LogP) is 4.60. The molecule has 0 radical (unpaired) electrons. The molecule has 0 aliphatic carbocycles. The van der Waals surface area contributed by atoms with E-state index >= 15 is 0 Å². The van der Waals surface area contributed by atoms with Gasteiger partial charge in [0.15, 0.2) is 5.78 Å². The topological polar surface area (TPSA) is 55.4 Å². The lowest BCUT2D eigenvalue weighted by atomic mass is 10.00. The van der Waals surface area contributed by atoms with Gasteiger partial charge in [-0.3, -0.25) is 9.59 Å². The van der Waals surface area contributed by atoms with Crippen LogP contribution in [0.15, 0.2) is 90.5 Å². The van der Waals surface area contributed by atoms with Gasteiger partial charge in [0.2, 0.25) is 0 Å². The van der Waals surface area contributed by atoms with Crippen LogP contribution in [0.5, 0.6) is 5.75 Å². The van der Waals surface area contributed by atoms with Crippen molar-refractivity contribution < 1.29 is 14.3 Å². The highest BCUT2D eigenvalue weighted by molar-refractivity contribution is 6.31. The zero-order valence-corrected chi connectivity index (χ0v) is 14.9. The summed E-state index contributed by atoms with van der Waals surface area (Å²) >= 11 is 0. The van der Waals surface area contributed by atoms with Crippen molar-refractivity contribution in [3.63, 3.8) is 0 Å². The Labute approximate surface area is 158 Å². The molecule has 134 valence electrons. The highest BCUT2D eigenvalue weighted by atomic mass is 16.5. The number of rotatable bonds is 6. The van der Waals surface area contributed by atoms with Gasteiger partial charge in [-0.1, -0.05) is 66.7 Å². The van der Waals surface area contributed by atoms with Gasteiger partial charge in [-0.15, -0.1) is 0 Å². The quantitative estimate of drug-likeness (QED) is 0.304. The minimum Gasteiger partial charge on any atom is -0.497 e. The third-order valence-corrected chi connectivity index (χ3v) is 3.96. The van der Waals surface area contributed by atoms with Crippen LogP contribution in [-0.2, 0) is 4.79 Å². The summed E-state index contributed by atoms with van der Waals surface area (Å²) in [5, 5.41) is 2.78. The summed E-state index contributed by atoms with van der Waals surface area (Å²) in [6.07, 6.45) is 1.60.